The first kappa shape index (κ1) is 15.3. The van der Waals surface area contributed by atoms with Crippen molar-refractivity contribution >= 4 is 18.2 Å². The van der Waals surface area contributed by atoms with Crippen molar-refractivity contribution in [2.45, 2.75) is 6.54 Å². The van der Waals surface area contributed by atoms with Gasteiger partial charge in [0.1, 0.15) is 12.9 Å². The van der Waals surface area contributed by atoms with Crippen LogP contribution in [0, 0.1) is 4.77 Å². The monoisotopic (exact) mass is 205 g/mol. The van der Waals surface area contributed by atoms with E-state index in [1.54, 1.807) is 0 Å². The molecule has 0 atom stereocenters. The van der Waals surface area contributed by atoms with Crippen LogP contribution in [0.3, 0.4) is 0 Å². The summed E-state index contributed by atoms with van der Waals surface area (Å²) in [4.78, 5) is 10.1. The van der Waals surface area contributed by atoms with E-state index in [0.29, 0.717) is 4.77 Å². The maximum atomic E-state index is 10.1. The number of aromatic amines is 1. The quantitative estimate of drug-likeness (QED) is 0.372. The Morgan fingerprint density at radius 2 is 2.33 bits per heavy atom. The second-order valence-corrected chi connectivity index (χ2v) is 2.07. The fourth-order valence-corrected chi connectivity index (χ4v) is 0.693. The van der Waals surface area contributed by atoms with Gasteiger partial charge in [-0.25, -0.2) is 0 Å². The summed E-state index contributed by atoms with van der Waals surface area (Å²) in [6.45, 7) is -0.144. The molecule has 1 heterocycles. The Morgan fingerprint density at radius 1 is 1.75 bits per heavy atom. The largest absolute Gasteiger partial charge is 1.00 e. The first-order chi connectivity index (χ1) is 4.70. The standard InChI is InChI=1S/C4H5N3O2S.2Na/c8-3(9)1-7-2-5-6-4(7)10;;/h2H,1H2,(H,6,10)(H,8,9);;/q;2*+1. The summed E-state index contributed by atoms with van der Waals surface area (Å²) >= 11 is 4.69. The number of carboxylic acid groups (broad SMARTS) is 1. The summed E-state index contributed by atoms with van der Waals surface area (Å²) in [5.41, 5.74) is 0. The van der Waals surface area contributed by atoms with Crippen LogP contribution >= 0.6 is 12.2 Å². The molecule has 8 heteroatoms. The van der Waals surface area contributed by atoms with Gasteiger partial charge in [0.15, 0.2) is 4.77 Å². The van der Waals surface area contributed by atoms with Crippen molar-refractivity contribution in [3.8, 4) is 0 Å². The predicted molar refractivity (Wildman–Crippen MR) is 35.0 cm³/mol. The van der Waals surface area contributed by atoms with Crippen molar-refractivity contribution in [3.63, 3.8) is 0 Å². The molecular weight excluding hydrogens is 200 g/mol. The van der Waals surface area contributed by atoms with E-state index in [1.807, 2.05) is 0 Å². The van der Waals surface area contributed by atoms with Crippen LogP contribution in [-0.2, 0) is 11.3 Å². The average molecular weight is 205 g/mol. The third kappa shape index (κ3) is 4.76. The molecule has 0 aromatic carbocycles. The molecule has 0 radical (unpaired) electrons. The Labute approximate surface area is 118 Å². The Kier molecular flexibility index (Phi) is 9.25. The summed E-state index contributed by atoms with van der Waals surface area (Å²) in [6, 6.07) is 0. The Bertz CT molecular complexity index is 296. The van der Waals surface area contributed by atoms with Crippen LogP contribution in [0.1, 0.15) is 0 Å². The van der Waals surface area contributed by atoms with Crippen molar-refractivity contribution in [3.05, 3.63) is 11.1 Å². The molecule has 1 aromatic rings. The summed E-state index contributed by atoms with van der Waals surface area (Å²) in [5.74, 6) is -0.933. The summed E-state index contributed by atoms with van der Waals surface area (Å²) < 4.78 is 1.65. The summed E-state index contributed by atoms with van der Waals surface area (Å²) in [7, 11) is 0. The van der Waals surface area contributed by atoms with E-state index >= 15 is 0 Å². The number of hydrogen-bond donors (Lipinski definition) is 2. The van der Waals surface area contributed by atoms with Gasteiger partial charge in [0.2, 0.25) is 0 Å². The van der Waals surface area contributed by atoms with E-state index in [0.717, 1.165) is 0 Å². The van der Waals surface area contributed by atoms with Gasteiger partial charge in [-0.15, -0.1) is 0 Å². The van der Waals surface area contributed by atoms with E-state index in [4.69, 9.17) is 5.11 Å². The molecule has 0 bridgehead atoms. The van der Waals surface area contributed by atoms with Crippen LogP contribution in [-0.4, -0.2) is 25.8 Å². The van der Waals surface area contributed by atoms with Gasteiger partial charge < -0.3 is 5.11 Å². The van der Waals surface area contributed by atoms with Crippen molar-refractivity contribution in [1.29, 1.82) is 0 Å². The van der Waals surface area contributed by atoms with E-state index in [9.17, 15) is 4.79 Å². The van der Waals surface area contributed by atoms with Crippen LogP contribution in [0.2, 0.25) is 0 Å². The maximum Gasteiger partial charge on any atom is 1.00 e. The van der Waals surface area contributed by atoms with Gasteiger partial charge in [0, 0.05) is 0 Å². The smallest absolute Gasteiger partial charge is 0.480 e. The van der Waals surface area contributed by atoms with Gasteiger partial charge in [-0.3, -0.25) is 14.5 Å². The second-order valence-electron chi connectivity index (χ2n) is 1.68. The van der Waals surface area contributed by atoms with Crippen LogP contribution < -0.4 is 59.1 Å². The molecule has 0 unspecified atom stereocenters. The summed E-state index contributed by atoms with van der Waals surface area (Å²) in [6.07, 6.45) is 1.34. The second kappa shape index (κ2) is 7.25. The molecule has 2 N–H and O–H groups in total. The molecule has 1 aromatic heterocycles. The number of carbonyl (C=O) groups is 1. The zero-order valence-electron chi connectivity index (χ0n) is 6.94. The molecule has 0 spiro atoms. The van der Waals surface area contributed by atoms with Gasteiger partial charge in [0.05, 0.1) is 0 Å². The predicted octanol–water partition coefficient (Wildman–Crippen LogP) is -5.97. The van der Waals surface area contributed by atoms with E-state index < -0.39 is 5.97 Å². The molecule has 0 fully saturated rings. The Balaban J connectivity index is 0. The normalized spacial score (nSPS) is 8.00. The van der Waals surface area contributed by atoms with Crippen molar-refractivity contribution in [2.75, 3.05) is 0 Å². The molecule has 54 valence electrons. The Hall–Kier alpha value is 0.830. The van der Waals surface area contributed by atoms with Gasteiger partial charge in [-0.05, 0) is 12.2 Å². The van der Waals surface area contributed by atoms with E-state index in [-0.39, 0.29) is 65.7 Å². The molecule has 0 aliphatic carbocycles. The number of H-pyrrole nitrogens is 1. The topological polar surface area (TPSA) is 70.9 Å². The fraction of sp³-hybridized carbons (Fsp3) is 0.250. The minimum Gasteiger partial charge on any atom is -0.480 e. The van der Waals surface area contributed by atoms with Crippen LogP contribution in [0.15, 0.2) is 6.33 Å². The zero-order chi connectivity index (χ0) is 7.56. The molecule has 0 aliphatic heterocycles. The number of rotatable bonds is 2. The Morgan fingerprint density at radius 3 is 2.67 bits per heavy atom. The number of carboxylic acids is 1. The third-order valence-corrected chi connectivity index (χ3v) is 1.25. The minimum absolute atomic E-state index is 0. The first-order valence-corrected chi connectivity index (χ1v) is 2.92. The average Bonchev–Trinajstić information content (AvgIpc) is 2.15. The van der Waals surface area contributed by atoms with E-state index in [1.165, 1.54) is 10.9 Å². The van der Waals surface area contributed by atoms with Gasteiger partial charge in [-0.2, -0.15) is 5.10 Å². The number of nitrogens with zero attached hydrogens (tertiary/aromatic N) is 2. The number of aliphatic carboxylic acids is 1. The fourth-order valence-electron chi connectivity index (χ4n) is 0.529. The van der Waals surface area contributed by atoms with Crippen molar-refractivity contribution < 1.29 is 69.0 Å². The van der Waals surface area contributed by atoms with Crippen molar-refractivity contribution in [1.82, 2.24) is 14.8 Å². The maximum absolute atomic E-state index is 10.1. The number of nitrogens with one attached hydrogen (secondary N) is 1. The SMILES string of the molecule is O=C(O)Cn1cn[nH]c1=S.[Na+].[Na+]. The van der Waals surface area contributed by atoms with Crippen LogP contribution in [0.4, 0.5) is 0 Å². The molecule has 0 amide bonds. The van der Waals surface area contributed by atoms with Crippen LogP contribution in [0.25, 0.3) is 0 Å². The summed E-state index contributed by atoms with van der Waals surface area (Å²) in [5, 5.41) is 14.3. The third-order valence-electron chi connectivity index (χ3n) is 0.924. The molecule has 0 aliphatic rings. The number of hydrogen-bond acceptors (Lipinski definition) is 3. The van der Waals surface area contributed by atoms with Gasteiger partial charge >= 0.3 is 65.1 Å². The van der Waals surface area contributed by atoms with Gasteiger partial charge in [0.25, 0.3) is 0 Å². The van der Waals surface area contributed by atoms with E-state index in [2.05, 4.69) is 22.4 Å². The molecule has 12 heavy (non-hydrogen) atoms. The number of aromatic nitrogens is 3. The molecule has 1 rings (SSSR count). The first-order valence-electron chi connectivity index (χ1n) is 2.52. The molecule has 0 saturated carbocycles. The minimum atomic E-state index is -0.933. The van der Waals surface area contributed by atoms with Gasteiger partial charge in [-0.1, -0.05) is 0 Å². The van der Waals surface area contributed by atoms with Crippen LogP contribution in [0.5, 0.6) is 0 Å². The zero-order valence-corrected chi connectivity index (χ0v) is 11.8. The van der Waals surface area contributed by atoms with Crippen molar-refractivity contribution in [2.24, 2.45) is 0 Å². The molecule has 0 saturated heterocycles. The molecule has 5 nitrogen and oxygen atoms in total. The molecular formula is C4H5N3Na2O2S+2.